The molecule has 4 aliphatic carbocycles. The van der Waals surface area contributed by atoms with Crippen molar-refractivity contribution in [1.82, 2.24) is 0 Å². The van der Waals surface area contributed by atoms with Gasteiger partial charge >= 0.3 is 0 Å². The summed E-state index contributed by atoms with van der Waals surface area (Å²) in [5, 5.41) is 73.9. The molecule has 266 valence electrons. The van der Waals surface area contributed by atoms with E-state index in [0.717, 1.165) is 57.8 Å². The number of aliphatic hydroxyl groups is 7. The van der Waals surface area contributed by atoms with Crippen molar-refractivity contribution in [3.05, 3.63) is 0 Å². The van der Waals surface area contributed by atoms with E-state index >= 15 is 0 Å². The zero-order valence-corrected chi connectivity index (χ0v) is 28.7. The molecule has 0 aromatic carbocycles. The van der Waals surface area contributed by atoms with Gasteiger partial charge in [-0.05, 0) is 98.2 Å². The second-order valence-electron chi connectivity index (χ2n) is 17.5. The van der Waals surface area contributed by atoms with Crippen LogP contribution < -0.4 is 0 Å². The van der Waals surface area contributed by atoms with E-state index in [9.17, 15) is 35.7 Å². The number of aliphatic hydroxyl groups excluding tert-OH is 7. The standard InChI is InChI=1S/C36H62O10/c1-20(16-37)22-8-13-36(19-44-22)15-14-34(4)21(30(36)43)6-7-25-32(2)11-10-26(33(3,18-39)24(32)9-12-35(25,34)5)46-31-29(42)28(41)27(40)23(17-38)45-31/h20-31,37-43H,6-19H2,1-5H3/t20-,21+,22-,23+,24?,25?,26-,27+,28-,29+,30+,31-,32-,33-,34+,35+,36+/m0/s1. The van der Waals surface area contributed by atoms with Gasteiger partial charge < -0.3 is 50.0 Å². The van der Waals surface area contributed by atoms with Crippen molar-refractivity contribution in [2.24, 2.45) is 50.7 Å². The molecular formula is C36H62O10. The van der Waals surface area contributed by atoms with Crippen molar-refractivity contribution in [1.29, 1.82) is 0 Å². The Morgan fingerprint density at radius 3 is 2.13 bits per heavy atom. The highest BCUT2D eigenvalue weighted by Crippen LogP contribution is 2.75. The fourth-order valence-corrected chi connectivity index (χ4v) is 12.5. The molecule has 1 spiro atoms. The summed E-state index contributed by atoms with van der Waals surface area (Å²) in [6.07, 6.45) is 1.82. The second-order valence-corrected chi connectivity index (χ2v) is 17.5. The van der Waals surface area contributed by atoms with Gasteiger partial charge in [-0.2, -0.15) is 0 Å². The van der Waals surface area contributed by atoms with Crippen molar-refractivity contribution < 1.29 is 50.0 Å². The summed E-state index contributed by atoms with van der Waals surface area (Å²) in [4.78, 5) is 0. The van der Waals surface area contributed by atoms with Gasteiger partial charge in [0.2, 0.25) is 0 Å². The van der Waals surface area contributed by atoms with Gasteiger partial charge in [-0.1, -0.05) is 34.6 Å². The predicted octanol–water partition coefficient (Wildman–Crippen LogP) is 2.37. The topological polar surface area (TPSA) is 169 Å². The van der Waals surface area contributed by atoms with E-state index in [4.69, 9.17) is 14.2 Å². The van der Waals surface area contributed by atoms with Gasteiger partial charge in [0.15, 0.2) is 6.29 Å². The lowest BCUT2D eigenvalue weighted by molar-refractivity contribution is -0.336. The number of fused-ring (bicyclic) bond motifs is 5. The van der Waals surface area contributed by atoms with Crippen LogP contribution in [0.5, 0.6) is 0 Å². The Bertz CT molecular complexity index is 1080. The fraction of sp³-hybridized carbons (Fsp3) is 1.00. The highest BCUT2D eigenvalue weighted by molar-refractivity contribution is 5.19. The van der Waals surface area contributed by atoms with Crippen LogP contribution in [0.15, 0.2) is 0 Å². The first-order chi connectivity index (χ1) is 21.7. The molecule has 0 bridgehead atoms. The molecule has 6 fully saturated rings. The van der Waals surface area contributed by atoms with E-state index in [2.05, 4.69) is 27.7 Å². The van der Waals surface area contributed by atoms with E-state index in [0.29, 0.717) is 18.9 Å². The van der Waals surface area contributed by atoms with Gasteiger partial charge in [0.25, 0.3) is 0 Å². The van der Waals surface area contributed by atoms with Gasteiger partial charge in [-0.25, -0.2) is 0 Å². The van der Waals surface area contributed by atoms with Crippen LogP contribution in [-0.2, 0) is 14.2 Å². The van der Waals surface area contributed by atoms with Gasteiger partial charge in [-0.15, -0.1) is 0 Å². The Morgan fingerprint density at radius 2 is 1.50 bits per heavy atom. The predicted molar refractivity (Wildman–Crippen MR) is 169 cm³/mol. The maximum atomic E-state index is 12.2. The highest BCUT2D eigenvalue weighted by atomic mass is 16.7. The Balaban J connectivity index is 1.21. The van der Waals surface area contributed by atoms with Gasteiger partial charge in [0.05, 0.1) is 38.1 Å². The quantitative estimate of drug-likeness (QED) is 0.211. The van der Waals surface area contributed by atoms with Crippen molar-refractivity contribution in [3.63, 3.8) is 0 Å². The minimum Gasteiger partial charge on any atom is -0.396 e. The molecule has 6 rings (SSSR count). The van der Waals surface area contributed by atoms with Crippen molar-refractivity contribution >= 4 is 0 Å². The van der Waals surface area contributed by atoms with E-state index < -0.39 is 54.9 Å². The third kappa shape index (κ3) is 5.02. The van der Waals surface area contributed by atoms with Crippen LogP contribution in [-0.4, -0.2) is 111 Å². The van der Waals surface area contributed by atoms with Gasteiger partial charge in [-0.3, -0.25) is 0 Å². The minimum atomic E-state index is -1.51. The summed E-state index contributed by atoms with van der Waals surface area (Å²) in [6.45, 7) is 11.6. The molecular weight excluding hydrogens is 592 g/mol. The largest absolute Gasteiger partial charge is 0.396 e. The van der Waals surface area contributed by atoms with E-state index in [1.165, 1.54) is 0 Å². The van der Waals surface area contributed by atoms with Crippen LogP contribution in [0.3, 0.4) is 0 Å². The lowest BCUT2D eigenvalue weighted by atomic mass is 9.33. The average molecular weight is 655 g/mol. The van der Waals surface area contributed by atoms with Crippen molar-refractivity contribution in [3.8, 4) is 0 Å². The fourth-order valence-electron chi connectivity index (χ4n) is 12.5. The van der Waals surface area contributed by atoms with Gasteiger partial charge in [0.1, 0.15) is 24.4 Å². The molecule has 2 heterocycles. The monoisotopic (exact) mass is 654 g/mol. The lowest BCUT2D eigenvalue weighted by Crippen LogP contribution is -2.69. The summed E-state index contributed by atoms with van der Waals surface area (Å²) in [7, 11) is 0. The first-order valence-electron chi connectivity index (χ1n) is 18.1. The molecule has 0 aromatic heterocycles. The molecule has 0 radical (unpaired) electrons. The van der Waals surface area contributed by atoms with Crippen LogP contribution in [0, 0.1) is 50.7 Å². The van der Waals surface area contributed by atoms with Gasteiger partial charge in [0, 0.05) is 23.4 Å². The maximum Gasteiger partial charge on any atom is 0.186 e. The molecule has 6 aliphatic rings. The summed E-state index contributed by atoms with van der Waals surface area (Å²) in [5.74, 6) is 0.880. The molecule has 2 unspecified atom stereocenters. The zero-order valence-electron chi connectivity index (χ0n) is 28.7. The Hall–Kier alpha value is -0.400. The third-order valence-electron chi connectivity index (χ3n) is 15.8. The average Bonchev–Trinajstić information content (AvgIpc) is 3.05. The first-order valence-corrected chi connectivity index (χ1v) is 18.1. The van der Waals surface area contributed by atoms with E-state index in [1.807, 2.05) is 6.92 Å². The highest BCUT2D eigenvalue weighted by Gasteiger charge is 2.70. The van der Waals surface area contributed by atoms with Crippen molar-refractivity contribution in [2.75, 3.05) is 26.4 Å². The van der Waals surface area contributed by atoms with Crippen LogP contribution >= 0.6 is 0 Å². The Labute approximate surface area is 274 Å². The SMILES string of the molecule is C[C@@H](CO)[C@@H]1CC[C@@]2(CC[C@]3(C)[C@H](CCC4[C@@]5(C)CC[C@H](O[C@@H]6O[C@H](CO)[C@@H](O)[C@H](O)[C@H]6O)[C@@](C)(CO)C5CC[C@]43C)[C@H]2O)CO1. The maximum absolute atomic E-state index is 12.2. The molecule has 10 nitrogen and oxygen atoms in total. The molecule has 17 atom stereocenters. The minimum absolute atomic E-state index is 0.0224. The Kier molecular flexibility index (Phi) is 9.57. The smallest absolute Gasteiger partial charge is 0.186 e. The van der Waals surface area contributed by atoms with E-state index in [-0.39, 0.29) is 58.7 Å². The molecule has 2 saturated heterocycles. The summed E-state index contributed by atoms with van der Waals surface area (Å²) < 4.78 is 18.5. The summed E-state index contributed by atoms with van der Waals surface area (Å²) in [6, 6.07) is 0. The number of ether oxygens (including phenoxy) is 3. The molecule has 2 aliphatic heterocycles. The molecule has 4 saturated carbocycles. The summed E-state index contributed by atoms with van der Waals surface area (Å²) >= 11 is 0. The van der Waals surface area contributed by atoms with E-state index in [1.54, 1.807) is 0 Å². The second kappa shape index (κ2) is 12.4. The Morgan fingerprint density at radius 1 is 0.761 bits per heavy atom. The number of rotatable bonds is 6. The number of hydrogen-bond donors (Lipinski definition) is 7. The lowest BCUT2D eigenvalue weighted by Gasteiger charge is -2.73. The molecule has 7 N–H and O–H groups in total. The van der Waals surface area contributed by atoms with Crippen LogP contribution in [0.4, 0.5) is 0 Å². The normalized spacial score (nSPS) is 56.5. The van der Waals surface area contributed by atoms with Crippen LogP contribution in [0.25, 0.3) is 0 Å². The van der Waals surface area contributed by atoms with Crippen molar-refractivity contribution in [2.45, 2.75) is 148 Å². The third-order valence-corrected chi connectivity index (χ3v) is 15.8. The molecule has 46 heavy (non-hydrogen) atoms. The first kappa shape index (κ1) is 35.4. The van der Waals surface area contributed by atoms with Crippen LogP contribution in [0.1, 0.15) is 98.8 Å². The molecule has 0 aromatic rings. The molecule has 0 amide bonds. The number of hydrogen-bond acceptors (Lipinski definition) is 10. The summed E-state index contributed by atoms with van der Waals surface area (Å²) in [5.41, 5.74) is -0.898. The molecule has 10 heteroatoms. The zero-order chi connectivity index (χ0) is 33.4. The van der Waals surface area contributed by atoms with Crippen LogP contribution in [0.2, 0.25) is 0 Å².